The van der Waals surface area contributed by atoms with Crippen LogP contribution in [0.3, 0.4) is 0 Å². The molecular formula is C25H30N6O4. The lowest BCUT2D eigenvalue weighted by Crippen LogP contribution is -2.29. The van der Waals surface area contributed by atoms with Crippen LogP contribution in [0, 0.1) is 17.2 Å². The van der Waals surface area contributed by atoms with Gasteiger partial charge in [0.25, 0.3) is 5.91 Å². The van der Waals surface area contributed by atoms with Crippen LogP contribution in [0.4, 0.5) is 5.69 Å². The predicted octanol–water partition coefficient (Wildman–Crippen LogP) is 2.13. The van der Waals surface area contributed by atoms with E-state index in [1.807, 2.05) is 25.1 Å². The summed E-state index contributed by atoms with van der Waals surface area (Å²) in [5, 5.41) is 11.8. The van der Waals surface area contributed by atoms with Crippen molar-refractivity contribution in [3.05, 3.63) is 54.0 Å². The normalized spacial score (nSPS) is 14.9. The molecule has 1 aliphatic rings. The molecule has 2 aromatic rings. The first-order chi connectivity index (χ1) is 16.8. The predicted molar refractivity (Wildman–Crippen MR) is 130 cm³/mol. The fraction of sp³-hybridized carbons (Fsp3) is 0.400. The number of nitriles is 1. The summed E-state index contributed by atoms with van der Waals surface area (Å²) in [7, 11) is 5.34. The Morgan fingerprint density at radius 1 is 1.40 bits per heavy atom. The number of anilines is 1. The summed E-state index contributed by atoms with van der Waals surface area (Å²) in [4.78, 5) is 37.4. The van der Waals surface area contributed by atoms with Gasteiger partial charge in [-0.25, -0.2) is 4.98 Å². The molecule has 0 saturated carbocycles. The van der Waals surface area contributed by atoms with Crippen LogP contribution in [0.2, 0.25) is 0 Å². The van der Waals surface area contributed by atoms with Gasteiger partial charge >= 0.3 is 0 Å². The Labute approximate surface area is 205 Å². The molecule has 1 N–H and O–H groups in total. The summed E-state index contributed by atoms with van der Waals surface area (Å²) in [6, 6.07) is 7.02. The number of aromatic nitrogens is 2. The molecule has 1 aromatic carbocycles. The van der Waals surface area contributed by atoms with Crippen molar-refractivity contribution < 1.29 is 19.1 Å². The van der Waals surface area contributed by atoms with E-state index in [1.54, 1.807) is 23.1 Å². The molecule has 0 radical (unpaired) electrons. The SMILES string of the molecule is C=CC(=O)Nc1ccc(C(=O)N2CC[C@@H](Cc3ncc(C#N)c(OC)n3)C2)cc1OCCN(C)C. The second-order valence-corrected chi connectivity index (χ2v) is 8.49. The number of methoxy groups -OCH3 is 1. The largest absolute Gasteiger partial charge is 0.490 e. The molecule has 0 bridgehead atoms. The minimum atomic E-state index is -0.356. The minimum absolute atomic E-state index is 0.107. The van der Waals surface area contributed by atoms with Gasteiger partial charge in [0, 0.05) is 31.6 Å². The Kier molecular flexibility index (Phi) is 8.75. The van der Waals surface area contributed by atoms with E-state index in [2.05, 4.69) is 21.9 Å². The number of hydrogen-bond acceptors (Lipinski definition) is 8. The summed E-state index contributed by atoms with van der Waals surface area (Å²) < 4.78 is 11.0. The summed E-state index contributed by atoms with van der Waals surface area (Å²) in [5.41, 5.74) is 1.26. The van der Waals surface area contributed by atoms with E-state index in [1.165, 1.54) is 19.4 Å². The zero-order valence-corrected chi connectivity index (χ0v) is 20.3. The maximum absolute atomic E-state index is 13.2. The summed E-state index contributed by atoms with van der Waals surface area (Å²) in [5.74, 6) is 1.00. The molecule has 0 spiro atoms. The fourth-order valence-corrected chi connectivity index (χ4v) is 3.76. The van der Waals surface area contributed by atoms with E-state index in [0.29, 0.717) is 55.5 Å². The number of likely N-dealkylation sites (N-methyl/N-ethyl adjacent to an activating group) is 1. The number of carbonyl (C=O) groups excluding carboxylic acids is 2. The molecule has 10 heteroatoms. The maximum Gasteiger partial charge on any atom is 0.254 e. The van der Waals surface area contributed by atoms with E-state index >= 15 is 0 Å². The lowest BCUT2D eigenvalue weighted by molar-refractivity contribution is -0.111. The Balaban J connectivity index is 1.69. The van der Waals surface area contributed by atoms with Crippen LogP contribution < -0.4 is 14.8 Å². The Hall–Kier alpha value is -3.97. The number of rotatable bonds is 10. The van der Waals surface area contributed by atoms with Gasteiger partial charge < -0.3 is 24.6 Å². The highest BCUT2D eigenvalue weighted by Gasteiger charge is 2.28. The van der Waals surface area contributed by atoms with Crippen molar-refractivity contribution >= 4 is 17.5 Å². The van der Waals surface area contributed by atoms with E-state index in [0.717, 1.165) is 6.42 Å². The van der Waals surface area contributed by atoms with Crippen LogP contribution in [-0.2, 0) is 11.2 Å². The standard InChI is InChI=1S/C25H30N6O4/c1-5-23(32)28-20-7-6-18(13-21(20)35-11-10-30(2)3)25(33)31-9-8-17(16-31)12-22-27-15-19(14-26)24(29-22)34-4/h5-7,13,15,17H,1,8-12,16H2,2-4H3,(H,28,32)/t17-/m0/s1. The molecule has 2 heterocycles. The van der Waals surface area contributed by atoms with Gasteiger partial charge in [0.1, 0.15) is 29.8 Å². The van der Waals surface area contributed by atoms with Gasteiger partial charge in [-0.2, -0.15) is 10.2 Å². The van der Waals surface area contributed by atoms with E-state index in [4.69, 9.17) is 14.7 Å². The van der Waals surface area contributed by atoms with E-state index in [9.17, 15) is 9.59 Å². The van der Waals surface area contributed by atoms with Crippen LogP contribution in [-0.4, -0.2) is 79.0 Å². The molecule has 3 rings (SSSR count). The summed E-state index contributed by atoms with van der Waals surface area (Å²) >= 11 is 0. The molecule has 184 valence electrons. The fourth-order valence-electron chi connectivity index (χ4n) is 3.76. The molecule has 0 unspecified atom stereocenters. The van der Waals surface area contributed by atoms with Gasteiger partial charge in [-0.05, 0) is 50.7 Å². The van der Waals surface area contributed by atoms with Crippen molar-refractivity contribution in [3.8, 4) is 17.7 Å². The molecule has 1 saturated heterocycles. The third kappa shape index (κ3) is 6.77. The van der Waals surface area contributed by atoms with Crippen LogP contribution >= 0.6 is 0 Å². The zero-order valence-electron chi connectivity index (χ0n) is 20.3. The molecule has 0 aliphatic carbocycles. The van der Waals surface area contributed by atoms with Crippen molar-refractivity contribution in [1.82, 2.24) is 19.8 Å². The smallest absolute Gasteiger partial charge is 0.254 e. The van der Waals surface area contributed by atoms with Crippen molar-refractivity contribution in [2.24, 2.45) is 5.92 Å². The van der Waals surface area contributed by atoms with E-state index in [-0.39, 0.29) is 29.2 Å². The first kappa shape index (κ1) is 25.6. The van der Waals surface area contributed by atoms with Gasteiger partial charge in [0.2, 0.25) is 11.8 Å². The first-order valence-electron chi connectivity index (χ1n) is 11.3. The number of likely N-dealkylation sites (tertiary alicyclic amines) is 1. The van der Waals surface area contributed by atoms with Crippen LogP contribution in [0.25, 0.3) is 0 Å². The number of benzene rings is 1. The number of carbonyl (C=O) groups is 2. The lowest BCUT2D eigenvalue weighted by Gasteiger charge is -2.19. The highest BCUT2D eigenvalue weighted by atomic mass is 16.5. The van der Waals surface area contributed by atoms with Gasteiger partial charge in [-0.15, -0.1) is 0 Å². The highest BCUT2D eigenvalue weighted by molar-refractivity contribution is 6.01. The molecule has 1 aliphatic heterocycles. The average molecular weight is 479 g/mol. The van der Waals surface area contributed by atoms with Crippen molar-refractivity contribution in [2.45, 2.75) is 12.8 Å². The first-order valence-corrected chi connectivity index (χ1v) is 11.3. The third-order valence-corrected chi connectivity index (χ3v) is 5.63. The van der Waals surface area contributed by atoms with Gasteiger partial charge in [0.05, 0.1) is 19.0 Å². The van der Waals surface area contributed by atoms with Gasteiger partial charge in [-0.3, -0.25) is 9.59 Å². The monoisotopic (exact) mass is 478 g/mol. The zero-order chi connectivity index (χ0) is 25.4. The summed E-state index contributed by atoms with van der Waals surface area (Å²) in [6.45, 7) is 5.74. The van der Waals surface area contributed by atoms with Gasteiger partial charge in [0.15, 0.2) is 0 Å². The third-order valence-electron chi connectivity index (χ3n) is 5.63. The topological polar surface area (TPSA) is 121 Å². The number of nitrogens with one attached hydrogen (secondary N) is 1. The van der Waals surface area contributed by atoms with E-state index < -0.39 is 0 Å². The Bertz CT molecular complexity index is 1130. The number of ether oxygens (including phenoxy) is 2. The molecule has 2 amide bonds. The number of hydrogen-bond donors (Lipinski definition) is 1. The molecular weight excluding hydrogens is 448 g/mol. The molecule has 1 atom stereocenters. The van der Waals surface area contributed by atoms with Crippen molar-refractivity contribution in [2.75, 3.05) is 52.8 Å². The number of amides is 2. The Morgan fingerprint density at radius 3 is 2.89 bits per heavy atom. The summed E-state index contributed by atoms with van der Waals surface area (Å²) in [6.07, 6.45) is 4.04. The molecule has 1 fully saturated rings. The maximum atomic E-state index is 13.2. The highest BCUT2D eigenvalue weighted by Crippen LogP contribution is 2.29. The van der Waals surface area contributed by atoms with Crippen LogP contribution in [0.15, 0.2) is 37.1 Å². The lowest BCUT2D eigenvalue weighted by atomic mass is 10.0. The van der Waals surface area contributed by atoms with Crippen LogP contribution in [0.5, 0.6) is 11.6 Å². The second kappa shape index (κ2) is 11.9. The molecule has 35 heavy (non-hydrogen) atoms. The molecule has 10 nitrogen and oxygen atoms in total. The second-order valence-electron chi connectivity index (χ2n) is 8.49. The quantitative estimate of drug-likeness (QED) is 0.516. The number of nitrogens with zero attached hydrogens (tertiary/aromatic N) is 5. The molecule has 1 aromatic heterocycles. The Morgan fingerprint density at radius 2 is 2.20 bits per heavy atom. The van der Waals surface area contributed by atoms with Crippen molar-refractivity contribution in [1.29, 1.82) is 5.26 Å². The van der Waals surface area contributed by atoms with Crippen molar-refractivity contribution in [3.63, 3.8) is 0 Å². The average Bonchev–Trinajstić information content (AvgIpc) is 3.32. The van der Waals surface area contributed by atoms with Crippen LogP contribution in [0.1, 0.15) is 28.2 Å². The minimum Gasteiger partial charge on any atom is -0.490 e. The van der Waals surface area contributed by atoms with Gasteiger partial charge in [-0.1, -0.05) is 6.58 Å².